The summed E-state index contributed by atoms with van der Waals surface area (Å²) in [5.74, 6) is 7.27. The molecule has 1 saturated carbocycles. The maximum atomic E-state index is 5.67. The summed E-state index contributed by atoms with van der Waals surface area (Å²) in [6, 6.07) is 9.43. The van der Waals surface area contributed by atoms with Crippen molar-refractivity contribution in [1.29, 1.82) is 0 Å². The molecular weight excluding hydrogens is 220 g/mol. The van der Waals surface area contributed by atoms with E-state index in [0.717, 1.165) is 18.3 Å². The first-order valence-corrected chi connectivity index (χ1v) is 6.97. The van der Waals surface area contributed by atoms with Crippen molar-refractivity contribution in [2.24, 2.45) is 17.7 Å². The van der Waals surface area contributed by atoms with Crippen LogP contribution in [0.4, 0.5) is 0 Å². The fourth-order valence-electron chi connectivity index (χ4n) is 2.64. The highest BCUT2D eigenvalue weighted by molar-refractivity contribution is 5.28. The third kappa shape index (κ3) is 3.12. The minimum atomic E-state index is 0.231. The highest BCUT2D eigenvalue weighted by Crippen LogP contribution is 2.41. The SMILES string of the molecule is CC1CC1C(Cc1ccc(C(C)(C)C)cc1)NN. The van der Waals surface area contributed by atoms with Crippen LogP contribution in [0.25, 0.3) is 0 Å². The molecular formula is C16H26N2. The molecule has 0 bridgehead atoms. The van der Waals surface area contributed by atoms with Gasteiger partial charge in [0.25, 0.3) is 0 Å². The predicted molar refractivity (Wildman–Crippen MR) is 77.2 cm³/mol. The molecule has 1 aliphatic carbocycles. The lowest BCUT2D eigenvalue weighted by Gasteiger charge is -2.20. The highest BCUT2D eigenvalue weighted by Gasteiger charge is 2.38. The van der Waals surface area contributed by atoms with Gasteiger partial charge in [-0.3, -0.25) is 11.3 Å². The van der Waals surface area contributed by atoms with Crippen molar-refractivity contribution in [3.05, 3.63) is 35.4 Å². The van der Waals surface area contributed by atoms with Gasteiger partial charge in [0.1, 0.15) is 0 Å². The molecule has 2 nitrogen and oxygen atoms in total. The summed E-state index contributed by atoms with van der Waals surface area (Å²) in [6.45, 7) is 9.05. The number of hydrogen-bond acceptors (Lipinski definition) is 2. The van der Waals surface area contributed by atoms with Crippen LogP contribution in [0, 0.1) is 11.8 Å². The van der Waals surface area contributed by atoms with E-state index in [2.05, 4.69) is 57.4 Å². The van der Waals surface area contributed by atoms with Crippen LogP contribution in [0.1, 0.15) is 45.2 Å². The van der Waals surface area contributed by atoms with E-state index in [1.807, 2.05) is 0 Å². The van der Waals surface area contributed by atoms with Gasteiger partial charge in [0.2, 0.25) is 0 Å². The molecule has 2 heteroatoms. The summed E-state index contributed by atoms with van der Waals surface area (Å²) in [5, 5.41) is 0. The smallest absolute Gasteiger partial charge is 0.0281 e. The van der Waals surface area contributed by atoms with Crippen LogP contribution in [0.3, 0.4) is 0 Å². The summed E-state index contributed by atoms with van der Waals surface area (Å²) >= 11 is 0. The molecule has 0 amide bonds. The van der Waals surface area contributed by atoms with Gasteiger partial charge in [-0.15, -0.1) is 0 Å². The molecule has 1 aromatic rings. The zero-order chi connectivity index (χ0) is 13.3. The monoisotopic (exact) mass is 246 g/mol. The quantitative estimate of drug-likeness (QED) is 0.633. The van der Waals surface area contributed by atoms with Crippen molar-refractivity contribution in [2.75, 3.05) is 0 Å². The second-order valence-electron chi connectivity index (χ2n) is 6.80. The molecule has 1 aromatic carbocycles. The zero-order valence-corrected chi connectivity index (χ0v) is 12.0. The molecule has 0 radical (unpaired) electrons. The van der Waals surface area contributed by atoms with E-state index < -0.39 is 0 Å². The Morgan fingerprint density at radius 1 is 1.28 bits per heavy atom. The van der Waals surface area contributed by atoms with E-state index in [9.17, 15) is 0 Å². The van der Waals surface area contributed by atoms with Gasteiger partial charge >= 0.3 is 0 Å². The number of nitrogens with one attached hydrogen (secondary N) is 1. The minimum absolute atomic E-state index is 0.231. The average Bonchev–Trinajstić information content (AvgIpc) is 3.02. The van der Waals surface area contributed by atoms with Crippen molar-refractivity contribution in [2.45, 2.75) is 52.0 Å². The van der Waals surface area contributed by atoms with E-state index in [4.69, 9.17) is 5.84 Å². The van der Waals surface area contributed by atoms with Gasteiger partial charge in [-0.05, 0) is 41.2 Å². The summed E-state index contributed by atoms with van der Waals surface area (Å²) in [7, 11) is 0. The fourth-order valence-corrected chi connectivity index (χ4v) is 2.64. The molecule has 0 heterocycles. The maximum absolute atomic E-state index is 5.67. The zero-order valence-electron chi connectivity index (χ0n) is 12.0. The van der Waals surface area contributed by atoms with Gasteiger partial charge in [0, 0.05) is 6.04 Å². The van der Waals surface area contributed by atoms with Gasteiger partial charge in [-0.2, -0.15) is 0 Å². The summed E-state index contributed by atoms with van der Waals surface area (Å²) in [6.07, 6.45) is 2.35. The first kappa shape index (κ1) is 13.6. The van der Waals surface area contributed by atoms with Crippen LogP contribution in [-0.2, 0) is 11.8 Å². The van der Waals surface area contributed by atoms with Crippen molar-refractivity contribution < 1.29 is 0 Å². The molecule has 3 unspecified atom stereocenters. The predicted octanol–water partition coefficient (Wildman–Crippen LogP) is 3.01. The Morgan fingerprint density at radius 3 is 2.22 bits per heavy atom. The lowest BCUT2D eigenvalue weighted by molar-refractivity contribution is 0.454. The van der Waals surface area contributed by atoms with Crippen molar-refractivity contribution in [1.82, 2.24) is 5.43 Å². The van der Waals surface area contributed by atoms with Crippen molar-refractivity contribution >= 4 is 0 Å². The minimum Gasteiger partial charge on any atom is -0.271 e. The van der Waals surface area contributed by atoms with Crippen LogP contribution in [0.5, 0.6) is 0 Å². The maximum Gasteiger partial charge on any atom is 0.0281 e. The Bertz CT molecular complexity index is 389. The molecule has 3 atom stereocenters. The Balaban J connectivity index is 2.01. The van der Waals surface area contributed by atoms with Crippen LogP contribution in [-0.4, -0.2) is 6.04 Å². The Kier molecular flexibility index (Phi) is 3.79. The molecule has 0 aliphatic heterocycles. The molecule has 1 fully saturated rings. The Hall–Kier alpha value is -0.860. The molecule has 1 aliphatic rings. The van der Waals surface area contributed by atoms with Crippen molar-refractivity contribution in [3.63, 3.8) is 0 Å². The normalized spacial score (nSPS) is 24.9. The van der Waals surface area contributed by atoms with Gasteiger partial charge in [0.15, 0.2) is 0 Å². The van der Waals surface area contributed by atoms with Gasteiger partial charge in [-0.25, -0.2) is 0 Å². The van der Waals surface area contributed by atoms with E-state index in [1.165, 1.54) is 17.5 Å². The topological polar surface area (TPSA) is 38.0 Å². The fraction of sp³-hybridized carbons (Fsp3) is 0.625. The molecule has 100 valence electrons. The highest BCUT2D eigenvalue weighted by atomic mass is 15.2. The van der Waals surface area contributed by atoms with Crippen LogP contribution < -0.4 is 11.3 Å². The molecule has 3 N–H and O–H groups in total. The number of hydrogen-bond donors (Lipinski definition) is 2. The number of nitrogens with two attached hydrogens (primary N) is 1. The molecule has 0 spiro atoms. The third-order valence-electron chi connectivity index (χ3n) is 4.18. The number of benzene rings is 1. The molecule has 0 aromatic heterocycles. The van der Waals surface area contributed by atoms with E-state index >= 15 is 0 Å². The molecule has 18 heavy (non-hydrogen) atoms. The number of hydrazine groups is 1. The standard InChI is InChI=1S/C16H26N2/c1-11-9-14(11)15(18-17)10-12-5-7-13(8-6-12)16(2,3)4/h5-8,11,14-15,18H,9-10,17H2,1-4H3. The van der Waals surface area contributed by atoms with Crippen LogP contribution in [0.15, 0.2) is 24.3 Å². The number of rotatable bonds is 4. The third-order valence-corrected chi connectivity index (χ3v) is 4.18. The largest absolute Gasteiger partial charge is 0.271 e. The summed E-state index contributed by atoms with van der Waals surface area (Å²) < 4.78 is 0. The van der Waals surface area contributed by atoms with Gasteiger partial charge < -0.3 is 0 Å². The average molecular weight is 246 g/mol. The summed E-state index contributed by atoms with van der Waals surface area (Å²) in [5.41, 5.74) is 5.99. The first-order chi connectivity index (χ1) is 8.41. The second kappa shape index (κ2) is 5.02. The first-order valence-electron chi connectivity index (χ1n) is 6.97. The van der Waals surface area contributed by atoms with Crippen LogP contribution in [0.2, 0.25) is 0 Å². The van der Waals surface area contributed by atoms with Gasteiger partial charge in [-0.1, -0.05) is 52.0 Å². The van der Waals surface area contributed by atoms with E-state index in [-0.39, 0.29) is 5.41 Å². The Labute approximate surface area is 111 Å². The molecule has 0 saturated heterocycles. The lowest BCUT2D eigenvalue weighted by Crippen LogP contribution is -2.38. The van der Waals surface area contributed by atoms with Crippen molar-refractivity contribution in [3.8, 4) is 0 Å². The summed E-state index contributed by atoms with van der Waals surface area (Å²) in [4.78, 5) is 0. The van der Waals surface area contributed by atoms with E-state index in [0.29, 0.717) is 6.04 Å². The molecule has 2 rings (SSSR count). The van der Waals surface area contributed by atoms with Gasteiger partial charge in [0.05, 0.1) is 0 Å². The van der Waals surface area contributed by atoms with E-state index in [1.54, 1.807) is 0 Å². The lowest BCUT2D eigenvalue weighted by atomic mass is 9.86. The van der Waals surface area contributed by atoms with Crippen LogP contribution >= 0.6 is 0 Å². The Morgan fingerprint density at radius 2 is 1.83 bits per heavy atom. The second-order valence-corrected chi connectivity index (χ2v) is 6.80.